The lowest BCUT2D eigenvalue weighted by Gasteiger charge is -2.03. The summed E-state index contributed by atoms with van der Waals surface area (Å²) in [5.74, 6) is -2.29. The van der Waals surface area contributed by atoms with E-state index in [0.29, 0.717) is 0 Å². The van der Waals surface area contributed by atoms with Crippen LogP contribution in [0.25, 0.3) is 11.0 Å². The average Bonchev–Trinajstić information content (AvgIpc) is 2.19. The van der Waals surface area contributed by atoms with Crippen molar-refractivity contribution >= 4 is 16.9 Å². The zero-order valence-corrected chi connectivity index (χ0v) is 7.80. The first kappa shape index (κ1) is 10.0. The van der Waals surface area contributed by atoms with E-state index in [4.69, 9.17) is 9.52 Å². The number of carboxylic acid groups (broad SMARTS) is 1. The van der Waals surface area contributed by atoms with Gasteiger partial charge in [0.15, 0.2) is 11.5 Å². The number of aromatic carboxylic acids is 1. The Morgan fingerprint density at radius 3 is 2.38 bits per heavy atom. The van der Waals surface area contributed by atoms with Crippen molar-refractivity contribution in [2.45, 2.75) is 0 Å². The van der Waals surface area contributed by atoms with E-state index >= 15 is 0 Å². The Hall–Kier alpha value is -2.50. The van der Waals surface area contributed by atoms with E-state index < -0.39 is 23.1 Å². The Labute approximate surface area is 88.0 Å². The number of benzene rings is 1. The maximum Gasteiger partial charge on any atom is 0.337 e. The summed E-state index contributed by atoms with van der Waals surface area (Å²) < 4.78 is 4.70. The van der Waals surface area contributed by atoms with Crippen molar-refractivity contribution in [1.29, 1.82) is 0 Å². The van der Waals surface area contributed by atoms with Gasteiger partial charge < -0.3 is 19.7 Å². The molecule has 0 saturated heterocycles. The fourth-order valence-electron chi connectivity index (χ4n) is 1.36. The number of hydrogen-bond acceptors (Lipinski definition) is 5. The van der Waals surface area contributed by atoms with Crippen molar-refractivity contribution in [3.05, 3.63) is 34.2 Å². The largest absolute Gasteiger partial charge is 0.504 e. The molecule has 0 radical (unpaired) electrons. The standard InChI is InChI=1S/C10H6O6/c11-6-1-4-5(10(14)15)2-9(13)16-8(4)3-7(6)12/h1-3,11-12H,(H,14,15). The molecule has 1 aromatic carbocycles. The van der Waals surface area contributed by atoms with Crippen molar-refractivity contribution < 1.29 is 24.5 Å². The third kappa shape index (κ3) is 1.46. The Morgan fingerprint density at radius 1 is 1.12 bits per heavy atom. The zero-order chi connectivity index (χ0) is 11.9. The molecule has 0 amide bonds. The lowest BCUT2D eigenvalue weighted by Crippen LogP contribution is -2.05. The molecule has 3 N–H and O–H groups in total. The first-order valence-electron chi connectivity index (χ1n) is 4.22. The van der Waals surface area contributed by atoms with Gasteiger partial charge in [0.05, 0.1) is 5.56 Å². The van der Waals surface area contributed by atoms with Gasteiger partial charge in [-0.3, -0.25) is 0 Å². The van der Waals surface area contributed by atoms with Crippen LogP contribution >= 0.6 is 0 Å². The zero-order valence-electron chi connectivity index (χ0n) is 7.80. The van der Waals surface area contributed by atoms with Crippen LogP contribution in [-0.4, -0.2) is 21.3 Å². The van der Waals surface area contributed by atoms with Gasteiger partial charge in [0.25, 0.3) is 0 Å². The van der Waals surface area contributed by atoms with Gasteiger partial charge in [-0.1, -0.05) is 0 Å². The second-order valence-corrected chi connectivity index (χ2v) is 3.12. The minimum Gasteiger partial charge on any atom is -0.504 e. The smallest absolute Gasteiger partial charge is 0.337 e. The molecule has 0 bridgehead atoms. The summed E-state index contributed by atoms with van der Waals surface area (Å²) in [5, 5.41) is 27.3. The normalized spacial score (nSPS) is 10.5. The number of phenols is 2. The van der Waals surface area contributed by atoms with E-state index in [2.05, 4.69) is 0 Å². The summed E-state index contributed by atoms with van der Waals surface area (Å²) in [6.07, 6.45) is 0. The van der Waals surface area contributed by atoms with Gasteiger partial charge in [-0.05, 0) is 6.07 Å². The summed E-state index contributed by atoms with van der Waals surface area (Å²) in [5.41, 5.74) is -1.23. The molecule has 0 spiro atoms. The van der Waals surface area contributed by atoms with Crippen LogP contribution in [0.1, 0.15) is 10.4 Å². The first-order valence-corrected chi connectivity index (χ1v) is 4.22. The highest BCUT2D eigenvalue weighted by atomic mass is 16.4. The summed E-state index contributed by atoms with van der Waals surface area (Å²) >= 11 is 0. The fraction of sp³-hybridized carbons (Fsp3) is 0. The maximum atomic E-state index is 11.0. The average molecular weight is 222 g/mol. The number of carboxylic acids is 1. The van der Waals surface area contributed by atoms with Crippen LogP contribution in [0.15, 0.2) is 27.4 Å². The Balaban J connectivity index is 2.96. The molecule has 0 aliphatic carbocycles. The topological polar surface area (TPSA) is 108 Å². The molecule has 6 heteroatoms. The van der Waals surface area contributed by atoms with Crippen LogP contribution in [0, 0.1) is 0 Å². The van der Waals surface area contributed by atoms with Crippen LogP contribution in [0.4, 0.5) is 0 Å². The highest BCUT2D eigenvalue weighted by molar-refractivity contribution is 6.02. The van der Waals surface area contributed by atoms with Crippen LogP contribution < -0.4 is 5.63 Å². The highest BCUT2D eigenvalue weighted by Crippen LogP contribution is 2.30. The summed E-state index contributed by atoms with van der Waals surface area (Å²) in [4.78, 5) is 21.9. The van der Waals surface area contributed by atoms with Gasteiger partial charge in [-0.2, -0.15) is 0 Å². The van der Waals surface area contributed by atoms with Crippen LogP contribution in [0.3, 0.4) is 0 Å². The molecular weight excluding hydrogens is 216 g/mol. The monoisotopic (exact) mass is 222 g/mol. The molecule has 6 nitrogen and oxygen atoms in total. The highest BCUT2D eigenvalue weighted by Gasteiger charge is 2.14. The molecule has 0 unspecified atom stereocenters. The summed E-state index contributed by atoms with van der Waals surface area (Å²) in [6.45, 7) is 0. The second-order valence-electron chi connectivity index (χ2n) is 3.12. The van der Waals surface area contributed by atoms with E-state index in [1.54, 1.807) is 0 Å². The quantitative estimate of drug-likeness (QED) is 0.488. The van der Waals surface area contributed by atoms with Crippen molar-refractivity contribution in [3.63, 3.8) is 0 Å². The Bertz CT molecular complexity index is 640. The number of fused-ring (bicyclic) bond motifs is 1. The molecule has 1 heterocycles. The molecule has 82 valence electrons. The molecule has 0 aliphatic heterocycles. The number of rotatable bonds is 1. The fourth-order valence-corrected chi connectivity index (χ4v) is 1.36. The minimum absolute atomic E-state index is 0.0439. The van der Waals surface area contributed by atoms with E-state index in [1.807, 2.05) is 0 Å². The molecule has 0 saturated carbocycles. The van der Waals surface area contributed by atoms with E-state index in [9.17, 15) is 19.8 Å². The van der Waals surface area contributed by atoms with Crippen molar-refractivity contribution in [2.24, 2.45) is 0 Å². The Morgan fingerprint density at radius 2 is 1.75 bits per heavy atom. The van der Waals surface area contributed by atoms with Crippen LogP contribution in [0.5, 0.6) is 11.5 Å². The van der Waals surface area contributed by atoms with Crippen molar-refractivity contribution in [1.82, 2.24) is 0 Å². The van der Waals surface area contributed by atoms with E-state index in [0.717, 1.165) is 18.2 Å². The molecule has 0 atom stereocenters. The van der Waals surface area contributed by atoms with Crippen molar-refractivity contribution in [3.8, 4) is 11.5 Å². The number of hydrogen-bond donors (Lipinski definition) is 3. The Kier molecular flexibility index (Phi) is 2.05. The van der Waals surface area contributed by atoms with Gasteiger partial charge in [-0.15, -0.1) is 0 Å². The first-order chi connectivity index (χ1) is 7.49. The summed E-state index contributed by atoms with van der Waals surface area (Å²) in [7, 11) is 0. The third-order valence-electron chi connectivity index (χ3n) is 2.07. The van der Waals surface area contributed by atoms with Gasteiger partial charge in [0, 0.05) is 17.5 Å². The van der Waals surface area contributed by atoms with Gasteiger partial charge in [0.1, 0.15) is 5.58 Å². The van der Waals surface area contributed by atoms with E-state index in [-0.39, 0.29) is 16.5 Å². The molecule has 0 fully saturated rings. The van der Waals surface area contributed by atoms with E-state index in [1.165, 1.54) is 0 Å². The number of aromatic hydroxyl groups is 2. The lowest BCUT2D eigenvalue weighted by molar-refractivity contribution is 0.0698. The lowest BCUT2D eigenvalue weighted by atomic mass is 10.1. The predicted octanol–water partition coefficient (Wildman–Crippen LogP) is 0.902. The summed E-state index contributed by atoms with van der Waals surface area (Å²) in [6, 6.07) is 2.82. The molecular formula is C10H6O6. The predicted molar refractivity (Wildman–Crippen MR) is 52.8 cm³/mol. The molecule has 0 aliphatic rings. The third-order valence-corrected chi connectivity index (χ3v) is 2.07. The second kappa shape index (κ2) is 3.27. The number of carbonyl (C=O) groups is 1. The van der Waals surface area contributed by atoms with Gasteiger partial charge >= 0.3 is 11.6 Å². The van der Waals surface area contributed by atoms with Gasteiger partial charge in [0.2, 0.25) is 0 Å². The van der Waals surface area contributed by atoms with Gasteiger partial charge in [-0.25, -0.2) is 9.59 Å². The van der Waals surface area contributed by atoms with Crippen molar-refractivity contribution in [2.75, 3.05) is 0 Å². The van der Waals surface area contributed by atoms with Crippen LogP contribution in [0.2, 0.25) is 0 Å². The maximum absolute atomic E-state index is 11.0. The van der Waals surface area contributed by atoms with Crippen LogP contribution in [-0.2, 0) is 0 Å². The SMILES string of the molecule is O=C(O)c1cc(=O)oc2cc(O)c(O)cc12. The minimum atomic E-state index is -1.32. The molecule has 2 aromatic rings. The molecule has 2 rings (SSSR count). The molecule has 16 heavy (non-hydrogen) atoms. The number of phenolic OH excluding ortho intramolecular Hbond substituents is 2. The molecule has 1 aromatic heterocycles.